The molecule has 0 aliphatic rings. The van der Waals surface area contributed by atoms with Gasteiger partial charge in [-0.25, -0.2) is 0 Å². The fraction of sp³-hybridized carbons (Fsp3) is 0.368. The van der Waals surface area contributed by atoms with E-state index in [4.69, 9.17) is 14.2 Å². The predicted octanol–water partition coefficient (Wildman–Crippen LogP) is 4.50. The van der Waals surface area contributed by atoms with Gasteiger partial charge in [0, 0.05) is 0 Å². The van der Waals surface area contributed by atoms with Gasteiger partial charge in [0.1, 0.15) is 19.0 Å². The van der Waals surface area contributed by atoms with Crippen molar-refractivity contribution in [2.24, 2.45) is 0 Å². The Bertz CT molecular complexity index is 515. The maximum atomic E-state index is 5.85. The van der Waals surface area contributed by atoms with Crippen LogP contribution < -0.4 is 14.2 Å². The van der Waals surface area contributed by atoms with Crippen LogP contribution in [0, 0.1) is 0 Å². The van der Waals surface area contributed by atoms with Crippen LogP contribution in [0.3, 0.4) is 0 Å². The minimum Gasteiger partial charge on any atom is -0.490 e. The first-order valence-corrected chi connectivity index (χ1v) is 7.90. The fourth-order valence-corrected chi connectivity index (χ4v) is 2.27. The van der Waals surface area contributed by atoms with E-state index in [9.17, 15) is 0 Å². The molecule has 2 rings (SSSR count). The first-order chi connectivity index (χ1) is 10.8. The second kappa shape index (κ2) is 8.98. The molecule has 22 heavy (non-hydrogen) atoms. The summed E-state index contributed by atoms with van der Waals surface area (Å²) in [7, 11) is 0. The Morgan fingerprint density at radius 1 is 0.682 bits per heavy atom. The average molecular weight is 300 g/mol. The molecule has 2 aromatic carbocycles. The second-order valence-corrected chi connectivity index (χ2v) is 4.93. The highest BCUT2D eigenvalue weighted by Gasteiger charge is 2.05. The van der Waals surface area contributed by atoms with E-state index in [0.29, 0.717) is 19.8 Å². The zero-order valence-electron chi connectivity index (χ0n) is 13.4. The van der Waals surface area contributed by atoms with E-state index >= 15 is 0 Å². The Morgan fingerprint density at radius 3 is 1.86 bits per heavy atom. The summed E-state index contributed by atoms with van der Waals surface area (Å²) in [6, 6.07) is 15.9. The molecule has 0 aliphatic heterocycles. The summed E-state index contributed by atoms with van der Waals surface area (Å²) in [5.41, 5.74) is 1.25. The molecule has 118 valence electrons. The number of rotatable bonds is 9. The Balaban J connectivity index is 1.85. The van der Waals surface area contributed by atoms with Crippen molar-refractivity contribution in [1.29, 1.82) is 0 Å². The molecule has 0 aliphatic carbocycles. The van der Waals surface area contributed by atoms with Crippen LogP contribution in [0.1, 0.15) is 25.8 Å². The minimum absolute atomic E-state index is 0.491. The first kappa shape index (κ1) is 16.2. The number of aryl methyl sites for hydroxylation is 1. The molecule has 0 saturated carbocycles. The molecular weight excluding hydrogens is 276 g/mol. The van der Waals surface area contributed by atoms with Crippen LogP contribution in [0.4, 0.5) is 0 Å². The molecule has 3 heteroatoms. The molecule has 0 saturated heterocycles. The van der Waals surface area contributed by atoms with Gasteiger partial charge in [0.05, 0.1) is 6.61 Å². The highest BCUT2D eigenvalue weighted by molar-refractivity contribution is 5.39. The smallest absolute Gasteiger partial charge is 0.161 e. The molecule has 0 fully saturated rings. The van der Waals surface area contributed by atoms with E-state index in [0.717, 1.165) is 30.1 Å². The van der Waals surface area contributed by atoms with Gasteiger partial charge < -0.3 is 14.2 Å². The lowest BCUT2D eigenvalue weighted by atomic mass is 10.1. The zero-order chi connectivity index (χ0) is 15.6. The van der Waals surface area contributed by atoms with E-state index in [2.05, 4.69) is 13.0 Å². The Morgan fingerprint density at radius 2 is 1.23 bits per heavy atom. The van der Waals surface area contributed by atoms with Gasteiger partial charge in [-0.1, -0.05) is 43.7 Å². The third-order valence-electron chi connectivity index (χ3n) is 3.24. The molecule has 3 nitrogen and oxygen atoms in total. The van der Waals surface area contributed by atoms with Crippen LogP contribution in [0.25, 0.3) is 0 Å². The first-order valence-electron chi connectivity index (χ1n) is 7.90. The molecule has 0 atom stereocenters. The summed E-state index contributed by atoms with van der Waals surface area (Å²) in [5, 5.41) is 0. The van der Waals surface area contributed by atoms with Crippen molar-refractivity contribution in [1.82, 2.24) is 0 Å². The topological polar surface area (TPSA) is 27.7 Å². The molecular formula is C19H24O3. The zero-order valence-corrected chi connectivity index (χ0v) is 13.4. The highest BCUT2D eigenvalue weighted by Crippen LogP contribution is 2.26. The lowest BCUT2D eigenvalue weighted by Gasteiger charge is -2.13. The summed E-state index contributed by atoms with van der Waals surface area (Å²) in [5.74, 6) is 2.48. The lowest BCUT2D eigenvalue weighted by Crippen LogP contribution is -2.10. The SMILES string of the molecule is CCCc1ccccc1OCCOc1ccccc1OCC. The Hall–Kier alpha value is -2.16. The lowest BCUT2D eigenvalue weighted by molar-refractivity contribution is 0.207. The molecule has 0 bridgehead atoms. The third kappa shape index (κ3) is 4.69. The summed E-state index contributed by atoms with van der Waals surface area (Å²) >= 11 is 0. The van der Waals surface area contributed by atoms with Crippen LogP contribution in [0.5, 0.6) is 17.2 Å². The van der Waals surface area contributed by atoms with Gasteiger partial charge in [-0.2, -0.15) is 0 Å². The van der Waals surface area contributed by atoms with E-state index in [-0.39, 0.29) is 0 Å². The van der Waals surface area contributed by atoms with Crippen LogP contribution in [-0.2, 0) is 6.42 Å². The number of ether oxygens (including phenoxy) is 3. The number of para-hydroxylation sites is 3. The van der Waals surface area contributed by atoms with E-state index in [1.54, 1.807) is 0 Å². The summed E-state index contributed by atoms with van der Waals surface area (Å²) in [6.07, 6.45) is 2.14. The van der Waals surface area contributed by atoms with Gasteiger partial charge in [-0.05, 0) is 37.1 Å². The number of hydrogen-bond acceptors (Lipinski definition) is 3. The van der Waals surface area contributed by atoms with Crippen LogP contribution >= 0.6 is 0 Å². The van der Waals surface area contributed by atoms with Gasteiger partial charge in [0.15, 0.2) is 11.5 Å². The monoisotopic (exact) mass is 300 g/mol. The van der Waals surface area contributed by atoms with E-state index in [1.165, 1.54) is 5.56 Å². The summed E-state index contributed by atoms with van der Waals surface area (Å²) in [6.45, 7) is 5.77. The van der Waals surface area contributed by atoms with Crippen LogP contribution in [0.2, 0.25) is 0 Å². The summed E-state index contributed by atoms with van der Waals surface area (Å²) in [4.78, 5) is 0. The molecule has 0 aromatic heterocycles. The third-order valence-corrected chi connectivity index (χ3v) is 3.24. The van der Waals surface area contributed by atoms with Crippen molar-refractivity contribution < 1.29 is 14.2 Å². The van der Waals surface area contributed by atoms with Gasteiger partial charge in [0.2, 0.25) is 0 Å². The quantitative estimate of drug-likeness (QED) is 0.638. The van der Waals surface area contributed by atoms with Crippen molar-refractivity contribution >= 4 is 0 Å². The normalized spacial score (nSPS) is 10.3. The number of benzene rings is 2. The predicted molar refractivity (Wildman–Crippen MR) is 89.0 cm³/mol. The van der Waals surface area contributed by atoms with Crippen molar-refractivity contribution in [3.63, 3.8) is 0 Å². The van der Waals surface area contributed by atoms with Crippen molar-refractivity contribution in [2.75, 3.05) is 19.8 Å². The van der Waals surface area contributed by atoms with Gasteiger partial charge in [0.25, 0.3) is 0 Å². The van der Waals surface area contributed by atoms with E-state index < -0.39 is 0 Å². The van der Waals surface area contributed by atoms with Crippen LogP contribution in [0.15, 0.2) is 48.5 Å². The molecule has 0 unspecified atom stereocenters. The number of hydrogen-bond donors (Lipinski definition) is 0. The molecule has 0 heterocycles. The Labute approximate surface area is 132 Å². The highest BCUT2D eigenvalue weighted by atomic mass is 16.5. The standard InChI is InChI=1S/C19H24O3/c1-3-9-16-10-5-6-11-17(16)21-14-15-22-19-13-8-7-12-18(19)20-4-2/h5-8,10-13H,3-4,9,14-15H2,1-2H3. The van der Waals surface area contributed by atoms with Crippen molar-refractivity contribution in [3.05, 3.63) is 54.1 Å². The maximum absolute atomic E-state index is 5.85. The van der Waals surface area contributed by atoms with E-state index in [1.807, 2.05) is 49.4 Å². The molecule has 0 amide bonds. The molecule has 0 radical (unpaired) electrons. The average Bonchev–Trinajstić information content (AvgIpc) is 2.55. The molecule has 0 N–H and O–H groups in total. The second-order valence-electron chi connectivity index (χ2n) is 4.93. The largest absolute Gasteiger partial charge is 0.490 e. The Kier molecular flexibility index (Phi) is 6.62. The van der Waals surface area contributed by atoms with Crippen LogP contribution in [-0.4, -0.2) is 19.8 Å². The van der Waals surface area contributed by atoms with Crippen molar-refractivity contribution in [3.8, 4) is 17.2 Å². The van der Waals surface area contributed by atoms with Crippen molar-refractivity contribution in [2.45, 2.75) is 26.7 Å². The fourth-order valence-electron chi connectivity index (χ4n) is 2.27. The van der Waals surface area contributed by atoms with Gasteiger partial charge in [-0.15, -0.1) is 0 Å². The summed E-state index contributed by atoms with van der Waals surface area (Å²) < 4.78 is 17.1. The molecule has 0 spiro atoms. The van der Waals surface area contributed by atoms with Gasteiger partial charge >= 0.3 is 0 Å². The molecule has 2 aromatic rings. The minimum atomic E-state index is 0.491. The van der Waals surface area contributed by atoms with Gasteiger partial charge in [-0.3, -0.25) is 0 Å². The maximum Gasteiger partial charge on any atom is 0.161 e.